The van der Waals surface area contributed by atoms with E-state index in [9.17, 15) is 9.90 Å². The summed E-state index contributed by atoms with van der Waals surface area (Å²) in [5.74, 6) is -0.0457. The number of amides is 1. The average molecular weight is 260 g/mol. The fourth-order valence-electron chi connectivity index (χ4n) is 1.85. The molecule has 0 rings (SSSR count). The molecule has 1 amide bonds. The van der Waals surface area contributed by atoms with Crippen LogP contribution in [0.3, 0.4) is 0 Å². The molecule has 0 saturated heterocycles. The molecular weight excluding hydrogens is 236 g/mol. The van der Waals surface area contributed by atoms with Gasteiger partial charge in [-0.3, -0.25) is 4.79 Å². The third kappa shape index (κ3) is 3.92. The molecule has 0 aliphatic rings. The Morgan fingerprint density at radius 2 is 1.94 bits per heavy atom. The van der Waals surface area contributed by atoms with Crippen molar-refractivity contribution in [3.05, 3.63) is 0 Å². The van der Waals surface area contributed by atoms with Crippen LogP contribution in [0.25, 0.3) is 0 Å². The van der Waals surface area contributed by atoms with Crippen molar-refractivity contribution in [3.8, 4) is 0 Å². The van der Waals surface area contributed by atoms with E-state index in [-0.39, 0.29) is 10.9 Å². The monoisotopic (exact) mass is 260 g/mol. The van der Waals surface area contributed by atoms with Crippen molar-refractivity contribution < 1.29 is 9.90 Å². The molecular formula is C12H24N2O2S. The molecule has 0 heterocycles. The first-order valence-electron chi connectivity index (χ1n) is 6.05. The summed E-state index contributed by atoms with van der Waals surface area (Å²) >= 11 is 5.04. The van der Waals surface area contributed by atoms with Crippen LogP contribution in [0.4, 0.5) is 0 Å². The van der Waals surface area contributed by atoms with Crippen molar-refractivity contribution in [1.82, 2.24) is 4.90 Å². The largest absolute Gasteiger partial charge is 0.393 e. The van der Waals surface area contributed by atoms with Gasteiger partial charge in [0.1, 0.15) is 0 Å². The predicted octanol–water partition coefficient (Wildman–Crippen LogP) is 1.31. The van der Waals surface area contributed by atoms with E-state index >= 15 is 0 Å². The zero-order valence-corrected chi connectivity index (χ0v) is 12.0. The van der Waals surface area contributed by atoms with Crippen molar-refractivity contribution in [2.75, 3.05) is 13.6 Å². The van der Waals surface area contributed by atoms with Crippen LogP contribution >= 0.6 is 12.2 Å². The maximum absolute atomic E-state index is 12.4. The summed E-state index contributed by atoms with van der Waals surface area (Å²) in [4.78, 5) is 14.2. The lowest BCUT2D eigenvalue weighted by atomic mass is 9.80. The second-order valence-corrected chi connectivity index (χ2v) is 4.96. The third-order valence-corrected chi connectivity index (χ3v) is 3.71. The van der Waals surface area contributed by atoms with Crippen LogP contribution in [0.5, 0.6) is 0 Å². The van der Waals surface area contributed by atoms with Crippen molar-refractivity contribution in [2.24, 2.45) is 11.1 Å². The van der Waals surface area contributed by atoms with E-state index in [0.717, 1.165) is 0 Å². The Hall–Kier alpha value is -0.680. The quantitative estimate of drug-likeness (QED) is 0.677. The molecule has 0 aliphatic carbocycles. The fraction of sp³-hybridized carbons (Fsp3) is 0.833. The van der Waals surface area contributed by atoms with Crippen LogP contribution in [-0.4, -0.2) is 40.6 Å². The van der Waals surface area contributed by atoms with Gasteiger partial charge in [-0.15, -0.1) is 0 Å². The number of nitrogens with zero attached hydrogens (tertiary/aromatic N) is 1. The van der Waals surface area contributed by atoms with E-state index in [1.165, 1.54) is 0 Å². The predicted molar refractivity (Wildman–Crippen MR) is 73.7 cm³/mol. The topological polar surface area (TPSA) is 66.6 Å². The van der Waals surface area contributed by atoms with Crippen LogP contribution < -0.4 is 5.73 Å². The SMILES string of the molecule is CCC(CC)(C(=O)N(C)CCC(C)O)C(N)=S. The zero-order chi connectivity index (χ0) is 13.6. The van der Waals surface area contributed by atoms with Crippen molar-refractivity contribution in [1.29, 1.82) is 0 Å². The van der Waals surface area contributed by atoms with Gasteiger partial charge >= 0.3 is 0 Å². The van der Waals surface area contributed by atoms with Crippen LogP contribution in [0.1, 0.15) is 40.0 Å². The third-order valence-electron chi connectivity index (χ3n) is 3.32. The van der Waals surface area contributed by atoms with Gasteiger partial charge in [0.05, 0.1) is 16.5 Å². The maximum Gasteiger partial charge on any atom is 0.235 e. The number of hydrogen-bond acceptors (Lipinski definition) is 3. The molecule has 1 atom stereocenters. The van der Waals surface area contributed by atoms with Crippen LogP contribution in [0, 0.1) is 5.41 Å². The number of hydrogen-bond donors (Lipinski definition) is 2. The molecule has 0 aromatic rings. The Morgan fingerprint density at radius 3 is 2.24 bits per heavy atom. The molecule has 17 heavy (non-hydrogen) atoms. The van der Waals surface area contributed by atoms with Gasteiger partial charge in [0.2, 0.25) is 5.91 Å². The lowest BCUT2D eigenvalue weighted by Gasteiger charge is -2.33. The van der Waals surface area contributed by atoms with E-state index in [1.807, 2.05) is 13.8 Å². The molecule has 0 fully saturated rings. The number of carbonyl (C=O) groups excluding carboxylic acids is 1. The highest BCUT2D eigenvalue weighted by Gasteiger charge is 2.39. The minimum atomic E-state index is -0.733. The summed E-state index contributed by atoms with van der Waals surface area (Å²) in [7, 11) is 1.73. The molecule has 0 saturated carbocycles. The van der Waals surface area contributed by atoms with Crippen molar-refractivity contribution in [2.45, 2.75) is 46.1 Å². The van der Waals surface area contributed by atoms with Crippen molar-refractivity contribution in [3.63, 3.8) is 0 Å². The molecule has 0 radical (unpaired) electrons. The molecule has 0 aliphatic heterocycles. The number of carbonyl (C=O) groups is 1. The van der Waals surface area contributed by atoms with Crippen LogP contribution in [0.15, 0.2) is 0 Å². The van der Waals surface area contributed by atoms with Gasteiger partial charge in [0.15, 0.2) is 0 Å². The smallest absolute Gasteiger partial charge is 0.235 e. The van der Waals surface area contributed by atoms with Gasteiger partial charge in [-0.2, -0.15) is 0 Å². The summed E-state index contributed by atoms with van der Waals surface area (Å²) < 4.78 is 0. The number of nitrogens with two attached hydrogens (primary N) is 1. The summed E-state index contributed by atoms with van der Waals surface area (Å²) in [6, 6.07) is 0. The maximum atomic E-state index is 12.4. The summed E-state index contributed by atoms with van der Waals surface area (Å²) in [6.07, 6.45) is 1.36. The highest BCUT2D eigenvalue weighted by Crippen LogP contribution is 2.29. The minimum Gasteiger partial charge on any atom is -0.393 e. The Labute approximate surface area is 109 Å². The van der Waals surface area contributed by atoms with E-state index in [4.69, 9.17) is 18.0 Å². The second kappa shape index (κ2) is 6.91. The zero-order valence-electron chi connectivity index (χ0n) is 11.2. The number of thiocarbonyl (C=S) groups is 1. The molecule has 3 N–H and O–H groups in total. The number of aliphatic hydroxyl groups excluding tert-OH is 1. The molecule has 0 aromatic heterocycles. The van der Waals surface area contributed by atoms with E-state index in [0.29, 0.717) is 25.8 Å². The average Bonchev–Trinajstić information content (AvgIpc) is 2.27. The van der Waals surface area contributed by atoms with E-state index in [2.05, 4.69) is 0 Å². The Morgan fingerprint density at radius 1 is 1.47 bits per heavy atom. The first kappa shape index (κ1) is 16.3. The standard InChI is InChI=1S/C12H24N2O2S/c1-5-12(6-2,10(13)17)11(16)14(4)8-7-9(3)15/h9,15H,5-8H2,1-4H3,(H2,13,17). The second-order valence-electron chi connectivity index (χ2n) is 4.52. The molecule has 100 valence electrons. The Bertz CT molecular complexity index is 276. The molecule has 0 aromatic carbocycles. The number of rotatable bonds is 7. The number of aliphatic hydroxyl groups is 1. The summed E-state index contributed by atoms with van der Waals surface area (Å²) in [5.41, 5.74) is 4.99. The van der Waals surface area contributed by atoms with Gasteiger partial charge in [0.25, 0.3) is 0 Å². The molecule has 4 nitrogen and oxygen atoms in total. The molecule has 0 spiro atoms. The molecule has 0 bridgehead atoms. The fourth-order valence-corrected chi connectivity index (χ4v) is 2.23. The summed E-state index contributed by atoms with van der Waals surface area (Å²) in [6.45, 7) is 6.06. The van der Waals surface area contributed by atoms with Crippen molar-refractivity contribution >= 4 is 23.1 Å². The normalized spacial score (nSPS) is 13.2. The van der Waals surface area contributed by atoms with Gasteiger partial charge in [-0.25, -0.2) is 0 Å². The molecule has 5 heteroatoms. The highest BCUT2D eigenvalue weighted by atomic mass is 32.1. The van der Waals surface area contributed by atoms with Gasteiger partial charge in [-0.05, 0) is 26.2 Å². The first-order valence-corrected chi connectivity index (χ1v) is 6.46. The lowest BCUT2D eigenvalue weighted by Crippen LogP contribution is -2.49. The lowest BCUT2D eigenvalue weighted by molar-refractivity contribution is -0.137. The first-order chi connectivity index (χ1) is 7.81. The Kier molecular flexibility index (Phi) is 6.64. The summed E-state index contributed by atoms with van der Waals surface area (Å²) in [5, 5.41) is 9.22. The van der Waals surface area contributed by atoms with Gasteiger partial charge in [0, 0.05) is 13.6 Å². The Balaban J connectivity index is 4.79. The van der Waals surface area contributed by atoms with Crippen LogP contribution in [0.2, 0.25) is 0 Å². The highest BCUT2D eigenvalue weighted by molar-refractivity contribution is 7.80. The van der Waals surface area contributed by atoms with Gasteiger partial charge < -0.3 is 15.7 Å². The van der Waals surface area contributed by atoms with E-state index < -0.39 is 11.5 Å². The van der Waals surface area contributed by atoms with E-state index in [1.54, 1.807) is 18.9 Å². The molecule has 1 unspecified atom stereocenters. The van der Waals surface area contributed by atoms with Crippen LogP contribution in [-0.2, 0) is 4.79 Å². The van der Waals surface area contributed by atoms with Gasteiger partial charge in [-0.1, -0.05) is 26.1 Å². The minimum absolute atomic E-state index is 0.0457.